The zero-order chi connectivity index (χ0) is 18.7. The van der Waals surface area contributed by atoms with Crippen LogP contribution in [0.25, 0.3) is 11.3 Å². The molecule has 3 rings (SSSR count). The highest BCUT2D eigenvalue weighted by Crippen LogP contribution is 2.33. The number of hydrogen-bond acceptors (Lipinski definition) is 5. The number of carbonyl (C=O) groups excluding carboxylic acids is 1. The van der Waals surface area contributed by atoms with Crippen LogP contribution >= 0.6 is 11.6 Å². The molecule has 2 aromatic carbocycles. The zero-order valence-corrected chi connectivity index (χ0v) is 15.3. The molecule has 7 heteroatoms. The van der Waals surface area contributed by atoms with Crippen LogP contribution in [-0.4, -0.2) is 25.1 Å². The van der Waals surface area contributed by atoms with Crippen molar-refractivity contribution in [1.29, 1.82) is 0 Å². The molecule has 1 amide bonds. The van der Waals surface area contributed by atoms with Gasteiger partial charge in [0.2, 0.25) is 0 Å². The third-order valence-electron chi connectivity index (χ3n) is 3.86. The van der Waals surface area contributed by atoms with Crippen LogP contribution in [0.3, 0.4) is 0 Å². The van der Waals surface area contributed by atoms with Gasteiger partial charge in [0, 0.05) is 16.3 Å². The van der Waals surface area contributed by atoms with E-state index in [-0.39, 0.29) is 11.6 Å². The summed E-state index contributed by atoms with van der Waals surface area (Å²) in [7, 11) is 3.10. The molecule has 0 spiro atoms. The van der Waals surface area contributed by atoms with Gasteiger partial charge < -0.3 is 19.2 Å². The van der Waals surface area contributed by atoms with Crippen molar-refractivity contribution in [3.63, 3.8) is 0 Å². The fraction of sp³-hybridized carbons (Fsp3) is 0.158. The summed E-state index contributed by atoms with van der Waals surface area (Å²) >= 11 is 5.95. The molecule has 0 atom stereocenters. The molecule has 0 aliphatic rings. The van der Waals surface area contributed by atoms with Crippen LogP contribution in [0.2, 0.25) is 5.02 Å². The molecule has 0 bridgehead atoms. The number of anilines is 1. The van der Waals surface area contributed by atoms with Gasteiger partial charge >= 0.3 is 0 Å². The summed E-state index contributed by atoms with van der Waals surface area (Å²) in [5.41, 5.74) is 2.33. The van der Waals surface area contributed by atoms with E-state index >= 15 is 0 Å². The predicted octanol–water partition coefficient (Wildman–Crippen LogP) is 4.57. The van der Waals surface area contributed by atoms with Gasteiger partial charge in [0.25, 0.3) is 5.91 Å². The van der Waals surface area contributed by atoms with Crippen molar-refractivity contribution in [3.8, 4) is 22.8 Å². The quantitative estimate of drug-likeness (QED) is 0.710. The third kappa shape index (κ3) is 3.50. The summed E-state index contributed by atoms with van der Waals surface area (Å²) < 4.78 is 16.0. The van der Waals surface area contributed by atoms with Gasteiger partial charge in [0.15, 0.2) is 29.3 Å². The average molecular weight is 373 g/mol. The van der Waals surface area contributed by atoms with E-state index < -0.39 is 0 Å². The summed E-state index contributed by atoms with van der Waals surface area (Å²) in [5.74, 6) is 1.07. The Morgan fingerprint density at radius 3 is 2.58 bits per heavy atom. The summed E-state index contributed by atoms with van der Waals surface area (Å²) in [6.45, 7) is 1.86. The van der Waals surface area contributed by atoms with Crippen molar-refractivity contribution in [2.75, 3.05) is 19.5 Å². The predicted molar refractivity (Wildman–Crippen MR) is 99.2 cm³/mol. The number of carbonyl (C=O) groups is 1. The molecule has 3 aromatic rings. The first-order valence-corrected chi connectivity index (χ1v) is 8.14. The summed E-state index contributed by atoms with van der Waals surface area (Å²) in [6, 6.07) is 10.5. The van der Waals surface area contributed by atoms with E-state index in [4.69, 9.17) is 25.5 Å². The van der Waals surface area contributed by atoms with Gasteiger partial charge in [-0.2, -0.15) is 0 Å². The molecule has 134 valence electrons. The van der Waals surface area contributed by atoms with Crippen LogP contribution in [0.5, 0.6) is 11.5 Å². The molecule has 6 nitrogen and oxygen atoms in total. The number of nitrogens with zero attached hydrogens (tertiary/aromatic N) is 1. The van der Waals surface area contributed by atoms with Crippen molar-refractivity contribution in [1.82, 2.24) is 4.98 Å². The van der Waals surface area contributed by atoms with Gasteiger partial charge in [0.1, 0.15) is 0 Å². The molecule has 26 heavy (non-hydrogen) atoms. The van der Waals surface area contributed by atoms with Crippen LogP contribution < -0.4 is 14.8 Å². The summed E-state index contributed by atoms with van der Waals surface area (Å²) in [4.78, 5) is 16.7. The highest BCUT2D eigenvalue weighted by atomic mass is 35.5. The number of methoxy groups -OCH3 is 2. The van der Waals surface area contributed by atoms with Crippen molar-refractivity contribution in [3.05, 3.63) is 59.1 Å². The van der Waals surface area contributed by atoms with Gasteiger partial charge in [-0.3, -0.25) is 4.79 Å². The fourth-order valence-electron chi connectivity index (χ4n) is 2.54. The van der Waals surface area contributed by atoms with Crippen LogP contribution in [0.1, 0.15) is 16.1 Å². The maximum Gasteiger partial charge on any atom is 0.278 e. The monoisotopic (exact) mass is 372 g/mol. The molecule has 0 radical (unpaired) electrons. The minimum atomic E-state index is -0.381. The first-order chi connectivity index (χ1) is 12.5. The van der Waals surface area contributed by atoms with Gasteiger partial charge in [-0.15, -0.1) is 0 Å². The first-order valence-electron chi connectivity index (χ1n) is 7.77. The second kappa shape index (κ2) is 7.49. The zero-order valence-electron chi connectivity index (χ0n) is 14.5. The number of benzene rings is 2. The van der Waals surface area contributed by atoms with E-state index in [0.717, 1.165) is 5.56 Å². The highest BCUT2D eigenvalue weighted by molar-refractivity contribution is 6.30. The van der Waals surface area contributed by atoms with E-state index in [1.807, 2.05) is 6.92 Å². The molecule has 0 saturated heterocycles. The molecule has 0 aliphatic carbocycles. The normalized spacial score (nSPS) is 10.5. The number of oxazole rings is 1. The molecular formula is C19H17ClN2O4. The van der Waals surface area contributed by atoms with Crippen LogP contribution in [-0.2, 0) is 0 Å². The number of ether oxygens (including phenoxy) is 2. The Hall–Kier alpha value is -2.99. The fourth-order valence-corrected chi connectivity index (χ4v) is 2.77. The average Bonchev–Trinajstić information content (AvgIpc) is 3.13. The van der Waals surface area contributed by atoms with Crippen molar-refractivity contribution in [2.45, 2.75) is 6.92 Å². The lowest BCUT2D eigenvalue weighted by Crippen LogP contribution is -2.14. The lowest BCUT2D eigenvalue weighted by atomic mass is 10.1. The Balaban J connectivity index is 1.92. The number of halogens is 1. The van der Waals surface area contributed by atoms with E-state index in [1.165, 1.54) is 6.39 Å². The molecule has 1 heterocycles. The highest BCUT2D eigenvalue weighted by Gasteiger charge is 2.20. The van der Waals surface area contributed by atoms with E-state index in [9.17, 15) is 4.79 Å². The summed E-state index contributed by atoms with van der Waals surface area (Å²) in [6.07, 6.45) is 1.23. The van der Waals surface area contributed by atoms with Crippen LogP contribution in [0, 0.1) is 6.92 Å². The molecule has 0 saturated carbocycles. The Bertz CT molecular complexity index is 952. The minimum absolute atomic E-state index is 0.173. The second-order valence-electron chi connectivity index (χ2n) is 5.51. The maximum atomic E-state index is 12.7. The number of aromatic nitrogens is 1. The number of amides is 1. The van der Waals surface area contributed by atoms with Crippen molar-refractivity contribution in [2.24, 2.45) is 0 Å². The first kappa shape index (κ1) is 17.8. The van der Waals surface area contributed by atoms with E-state index in [1.54, 1.807) is 50.6 Å². The largest absolute Gasteiger partial charge is 0.493 e. The van der Waals surface area contributed by atoms with Gasteiger partial charge in [-0.1, -0.05) is 11.6 Å². The molecule has 1 N–H and O–H groups in total. The number of nitrogens with one attached hydrogen (secondary N) is 1. The standard InChI is InChI=1S/C19H17ClN2O4/c1-11-8-13(20)5-6-14(11)22-19(23)17-18(26-10-21-17)12-4-7-15(24-2)16(9-12)25-3/h4-10H,1-3H3,(H,22,23). The minimum Gasteiger partial charge on any atom is -0.493 e. The molecular weight excluding hydrogens is 356 g/mol. The second-order valence-corrected chi connectivity index (χ2v) is 5.95. The Kier molecular flexibility index (Phi) is 5.14. The Labute approximate surface area is 155 Å². The van der Waals surface area contributed by atoms with Crippen molar-refractivity contribution >= 4 is 23.2 Å². The summed E-state index contributed by atoms with van der Waals surface area (Å²) in [5, 5.41) is 3.43. The van der Waals surface area contributed by atoms with Crippen molar-refractivity contribution < 1.29 is 18.7 Å². The van der Waals surface area contributed by atoms with E-state index in [2.05, 4.69) is 10.3 Å². The van der Waals surface area contributed by atoms with Gasteiger partial charge in [-0.25, -0.2) is 4.98 Å². The lowest BCUT2D eigenvalue weighted by Gasteiger charge is -2.10. The Morgan fingerprint density at radius 2 is 1.88 bits per heavy atom. The topological polar surface area (TPSA) is 73.6 Å². The number of hydrogen-bond donors (Lipinski definition) is 1. The smallest absolute Gasteiger partial charge is 0.278 e. The molecule has 0 unspecified atom stereocenters. The lowest BCUT2D eigenvalue weighted by molar-refractivity contribution is 0.102. The van der Waals surface area contributed by atoms with E-state index in [0.29, 0.717) is 33.5 Å². The van der Waals surface area contributed by atoms with Gasteiger partial charge in [-0.05, 0) is 48.9 Å². The molecule has 0 aliphatic heterocycles. The Morgan fingerprint density at radius 1 is 1.12 bits per heavy atom. The molecule has 0 fully saturated rings. The molecule has 1 aromatic heterocycles. The number of rotatable bonds is 5. The van der Waals surface area contributed by atoms with Crippen LogP contribution in [0.4, 0.5) is 5.69 Å². The number of aryl methyl sites for hydroxylation is 1. The van der Waals surface area contributed by atoms with Gasteiger partial charge in [0.05, 0.1) is 14.2 Å². The SMILES string of the molecule is COc1ccc(-c2ocnc2C(=O)Nc2ccc(Cl)cc2C)cc1OC. The maximum absolute atomic E-state index is 12.7. The third-order valence-corrected chi connectivity index (χ3v) is 4.10. The van der Waals surface area contributed by atoms with Crippen LogP contribution in [0.15, 0.2) is 47.2 Å².